The van der Waals surface area contributed by atoms with E-state index in [1.165, 1.54) is 16.8 Å². The fourth-order valence-corrected chi connectivity index (χ4v) is 6.03. The number of nitrogens with zero attached hydrogens (tertiary/aromatic N) is 2. The molecule has 0 fully saturated rings. The number of hydrogen-bond acceptors (Lipinski definition) is 3. The molecule has 0 amide bonds. The number of benzene rings is 3. The summed E-state index contributed by atoms with van der Waals surface area (Å²) in [6.07, 6.45) is 0. The van der Waals surface area contributed by atoms with Gasteiger partial charge < -0.3 is 14.0 Å². The second-order valence-electron chi connectivity index (χ2n) is 8.49. The van der Waals surface area contributed by atoms with E-state index in [2.05, 4.69) is 46.3 Å². The van der Waals surface area contributed by atoms with Crippen molar-refractivity contribution in [1.29, 1.82) is 0 Å². The third-order valence-corrected chi connectivity index (χ3v) is 8.01. The molecule has 2 atom stereocenters. The maximum atomic E-state index is 13.6. The van der Waals surface area contributed by atoms with Crippen LogP contribution >= 0.6 is 0 Å². The zero-order valence-electron chi connectivity index (χ0n) is 19.4. The van der Waals surface area contributed by atoms with Crippen LogP contribution < -0.4 is 9.47 Å². The summed E-state index contributed by atoms with van der Waals surface area (Å²) in [4.78, 5) is 0.831. The normalized spacial score (nSPS) is 17.0. The first kappa shape index (κ1) is 21.7. The van der Waals surface area contributed by atoms with Gasteiger partial charge in [0.1, 0.15) is 11.0 Å². The minimum atomic E-state index is -1.25. The van der Waals surface area contributed by atoms with Gasteiger partial charge in [-0.2, -0.15) is 0 Å². The van der Waals surface area contributed by atoms with Crippen LogP contribution in [0.3, 0.4) is 0 Å². The second kappa shape index (κ2) is 8.69. The molecule has 4 aromatic rings. The highest BCUT2D eigenvalue weighted by Crippen LogP contribution is 2.44. The Labute approximate surface area is 197 Å². The van der Waals surface area contributed by atoms with E-state index in [4.69, 9.17) is 9.47 Å². The molecule has 0 bridgehead atoms. The van der Waals surface area contributed by atoms with Crippen LogP contribution in [0.2, 0.25) is 0 Å². The molecule has 2 heterocycles. The molecular formula is C27H28N2O3S. The first-order chi connectivity index (χ1) is 16.0. The van der Waals surface area contributed by atoms with E-state index in [9.17, 15) is 4.21 Å². The zero-order valence-corrected chi connectivity index (χ0v) is 20.2. The van der Waals surface area contributed by atoms with Crippen molar-refractivity contribution in [3.63, 3.8) is 0 Å². The second-order valence-corrected chi connectivity index (χ2v) is 9.98. The molecule has 1 aromatic heterocycles. The van der Waals surface area contributed by atoms with Gasteiger partial charge in [0.2, 0.25) is 0 Å². The monoisotopic (exact) mass is 460 g/mol. The quantitative estimate of drug-likeness (QED) is 0.413. The maximum absolute atomic E-state index is 13.6. The van der Waals surface area contributed by atoms with Gasteiger partial charge in [-0.15, -0.1) is 0 Å². The minimum absolute atomic E-state index is 0.0890. The van der Waals surface area contributed by atoms with Crippen molar-refractivity contribution in [3.8, 4) is 11.5 Å². The third kappa shape index (κ3) is 3.73. The Hall–Kier alpha value is -3.09. The lowest BCUT2D eigenvalue weighted by molar-refractivity contribution is 0.355. The average Bonchev–Trinajstić information content (AvgIpc) is 3.14. The van der Waals surface area contributed by atoms with Gasteiger partial charge in [0.25, 0.3) is 0 Å². The minimum Gasteiger partial charge on any atom is -0.493 e. The lowest BCUT2D eigenvalue weighted by Crippen LogP contribution is -2.36. The summed E-state index contributed by atoms with van der Waals surface area (Å²) in [7, 11) is 4.15. The van der Waals surface area contributed by atoms with Gasteiger partial charge in [0.15, 0.2) is 11.5 Å². The fourth-order valence-electron chi connectivity index (χ4n) is 4.84. The Morgan fingerprint density at radius 3 is 2.27 bits per heavy atom. The fraction of sp³-hybridized carbons (Fsp3) is 0.259. The predicted molar refractivity (Wildman–Crippen MR) is 132 cm³/mol. The van der Waals surface area contributed by atoms with Crippen LogP contribution in [0.4, 0.5) is 0 Å². The summed E-state index contributed by atoms with van der Waals surface area (Å²) >= 11 is 0. The van der Waals surface area contributed by atoms with E-state index < -0.39 is 11.0 Å². The molecule has 0 N–H and O–H groups in total. The van der Waals surface area contributed by atoms with Gasteiger partial charge in [-0.05, 0) is 36.2 Å². The molecule has 2 unspecified atom stereocenters. The number of rotatable bonds is 5. The lowest BCUT2D eigenvalue weighted by Gasteiger charge is -2.33. The van der Waals surface area contributed by atoms with E-state index in [1.807, 2.05) is 43.3 Å². The highest BCUT2D eigenvalue weighted by atomic mass is 32.2. The molecule has 0 saturated carbocycles. The summed E-state index contributed by atoms with van der Waals surface area (Å²) in [5.41, 5.74) is 5.90. The summed E-state index contributed by atoms with van der Waals surface area (Å²) in [5, 5.41) is 1.15. The highest BCUT2D eigenvalue weighted by Gasteiger charge is 2.34. The third-order valence-electron chi connectivity index (χ3n) is 6.59. The lowest BCUT2D eigenvalue weighted by atomic mass is 9.87. The molecule has 0 saturated heterocycles. The van der Waals surface area contributed by atoms with Crippen molar-refractivity contribution in [2.45, 2.75) is 24.3 Å². The summed E-state index contributed by atoms with van der Waals surface area (Å²) in [5.74, 6) is 1.52. The number of aromatic nitrogens is 1. The van der Waals surface area contributed by atoms with Crippen LogP contribution in [0.25, 0.3) is 10.9 Å². The molecule has 1 aliphatic rings. The molecule has 6 heteroatoms. The number of fused-ring (bicyclic) bond motifs is 3. The molecule has 33 heavy (non-hydrogen) atoms. The maximum Gasteiger partial charge on any atom is 0.162 e. The molecular weight excluding hydrogens is 432 g/mol. The first-order valence-corrected chi connectivity index (χ1v) is 12.1. The molecule has 5 rings (SSSR count). The number of hydrogen-bond donors (Lipinski definition) is 0. The van der Waals surface area contributed by atoms with Gasteiger partial charge in [0.05, 0.1) is 31.2 Å². The van der Waals surface area contributed by atoms with E-state index >= 15 is 0 Å². The van der Waals surface area contributed by atoms with Crippen molar-refractivity contribution in [3.05, 3.63) is 89.1 Å². The summed E-state index contributed by atoms with van der Waals surface area (Å²) in [6.45, 7) is 3.32. The van der Waals surface area contributed by atoms with Gasteiger partial charge in [-0.25, -0.2) is 8.51 Å². The number of methoxy groups -OCH3 is 2. The average molecular weight is 461 g/mol. The standard InChI is InChI=1S/C27H28N2O3S/c1-18-10-12-20(13-11-18)33(30)29-16-22(19-8-6-5-7-9-19)27-21-14-25(31-3)26(32-4)15-23(21)28(2)24(27)17-29/h5-15,22H,16-17H2,1-4H3. The van der Waals surface area contributed by atoms with Crippen molar-refractivity contribution < 1.29 is 13.7 Å². The first-order valence-electron chi connectivity index (χ1n) is 11.0. The van der Waals surface area contributed by atoms with Crippen molar-refractivity contribution >= 4 is 21.9 Å². The highest BCUT2D eigenvalue weighted by molar-refractivity contribution is 7.82. The van der Waals surface area contributed by atoms with E-state index in [-0.39, 0.29) is 5.92 Å². The number of ether oxygens (including phenoxy) is 2. The summed E-state index contributed by atoms with van der Waals surface area (Å²) in [6, 6.07) is 22.6. The van der Waals surface area contributed by atoms with E-state index in [0.717, 1.165) is 27.1 Å². The van der Waals surface area contributed by atoms with E-state index in [1.54, 1.807) is 14.2 Å². The van der Waals surface area contributed by atoms with E-state index in [0.29, 0.717) is 18.8 Å². The summed E-state index contributed by atoms with van der Waals surface area (Å²) < 4.78 is 29.1. The zero-order chi connectivity index (χ0) is 23.1. The van der Waals surface area contributed by atoms with Crippen LogP contribution in [0, 0.1) is 6.92 Å². The van der Waals surface area contributed by atoms with Crippen LogP contribution in [0.5, 0.6) is 11.5 Å². The Morgan fingerprint density at radius 1 is 0.939 bits per heavy atom. The molecule has 1 aliphatic heterocycles. The molecule has 5 nitrogen and oxygen atoms in total. The van der Waals surface area contributed by atoms with Gasteiger partial charge >= 0.3 is 0 Å². The van der Waals surface area contributed by atoms with Crippen molar-refractivity contribution in [2.75, 3.05) is 20.8 Å². The van der Waals surface area contributed by atoms with Crippen LogP contribution in [-0.4, -0.2) is 33.8 Å². The molecule has 3 aromatic carbocycles. The van der Waals surface area contributed by atoms with Crippen molar-refractivity contribution in [1.82, 2.24) is 8.87 Å². The molecule has 170 valence electrons. The van der Waals surface area contributed by atoms with Gasteiger partial charge in [-0.1, -0.05) is 48.0 Å². The topological polar surface area (TPSA) is 43.7 Å². The Kier molecular flexibility index (Phi) is 5.72. The Morgan fingerprint density at radius 2 is 1.61 bits per heavy atom. The van der Waals surface area contributed by atoms with Crippen LogP contribution in [-0.2, 0) is 24.6 Å². The molecule has 0 aliphatic carbocycles. The predicted octanol–water partition coefficient (Wildman–Crippen LogP) is 5.17. The largest absolute Gasteiger partial charge is 0.493 e. The van der Waals surface area contributed by atoms with Crippen LogP contribution in [0.15, 0.2) is 71.6 Å². The van der Waals surface area contributed by atoms with Crippen molar-refractivity contribution in [2.24, 2.45) is 7.05 Å². The SMILES string of the molecule is COc1cc2c3c(n(C)c2cc1OC)CN(S(=O)c1ccc(C)cc1)CC3c1ccccc1. The smallest absolute Gasteiger partial charge is 0.162 e. The Balaban J connectivity index is 1.68. The molecule has 0 radical (unpaired) electrons. The Bertz CT molecular complexity index is 1330. The number of aryl methyl sites for hydroxylation is 2. The van der Waals surface area contributed by atoms with Gasteiger partial charge in [0, 0.05) is 36.7 Å². The van der Waals surface area contributed by atoms with Crippen LogP contribution in [0.1, 0.15) is 28.3 Å². The van der Waals surface area contributed by atoms with Gasteiger partial charge in [-0.3, -0.25) is 0 Å². The molecule has 0 spiro atoms.